The maximum Gasteiger partial charge on any atom is 0.338 e. The molecule has 1 aromatic rings. The Morgan fingerprint density at radius 2 is 2.27 bits per heavy atom. The number of nitrogens with one attached hydrogen (secondary N) is 1. The van der Waals surface area contributed by atoms with Gasteiger partial charge in [-0.05, 0) is 31.0 Å². The number of carbonyl (C=O) groups is 1. The third kappa shape index (κ3) is 2.02. The van der Waals surface area contributed by atoms with Gasteiger partial charge in [-0.15, -0.1) is 0 Å². The average molecular weight is 205 g/mol. The minimum atomic E-state index is -0.251. The van der Waals surface area contributed by atoms with E-state index in [2.05, 4.69) is 5.32 Å². The molecule has 0 amide bonds. The van der Waals surface area contributed by atoms with Crippen molar-refractivity contribution in [2.75, 3.05) is 13.7 Å². The fraction of sp³-hybridized carbons (Fsp3) is 0.417. The molecule has 0 radical (unpaired) electrons. The first-order valence-corrected chi connectivity index (χ1v) is 5.23. The molecule has 1 aromatic carbocycles. The van der Waals surface area contributed by atoms with Crippen LogP contribution in [0.2, 0.25) is 0 Å². The van der Waals surface area contributed by atoms with Crippen molar-refractivity contribution in [1.29, 1.82) is 0 Å². The van der Waals surface area contributed by atoms with Crippen LogP contribution in [0.3, 0.4) is 0 Å². The van der Waals surface area contributed by atoms with E-state index in [0.717, 1.165) is 18.5 Å². The molecule has 15 heavy (non-hydrogen) atoms. The number of methoxy groups -OCH3 is 1. The first-order valence-electron chi connectivity index (χ1n) is 5.23. The van der Waals surface area contributed by atoms with Crippen LogP contribution in [0.15, 0.2) is 24.3 Å². The van der Waals surface area contributed by atoms with Crippen LogP contribution in [0.4, 0.5) is 0 Å². The van der Waals surface area contributed by atoms with Gasteiger partial charge in [0.05, 0.1) is 12.7 Å². The molecule has 0 aromatic heterocycles. The molecule has 0 saturated carbocycles. The molecule has 3 nitrogen and oxygen atoms in total. The van der Waals surface area contributed by atoms with E-state index < -0.39 is 0 Å². The highest BCUT2D eigenvalue weighted by molar-refractivity contribution is 5.91. The lowest BCUT2D eigenvalue weighted by atomic mass is 9.99. The van der Waals surface area contributed by atoms with Gasteiger partial charge in [0.1, 0.15) is 0 Å². The van der Waals surface area contributed by atoms with E-state index in [1.807, 2.05) is 24.3 Å². The largest absolute Gasteiger partial charge is 0.465 e. The van der Waals surface area contributed by atoms with E-state index in [1.165, 1.54) is 13.5 Å². The van der Waals surface area contributed by atoms with E-state index in [1.54, 1.807) is 0 Å². The van der Waals surface area contributed by atoms with Gasteiger partial charge in [0.25, 0.3) is 0 Å². The van der Waals surface area contributed by atoms with Crippen molar-refractivity contribution in [3.63, 3.8) is 0 Å². The zero-order valence-corrected chi connectivity index (χ0v) is 8.82. The Hall–Kier alpha value is -1.35. The molecule has 1 saturated heterocycles. The molecule has 2 rings (SSSR count). The van der Waals surface area contributed by atoms with Crippen LogP contribution in [0.1, 0.15) is 34.8 Å². The monoisotopic (exact) mass is 205 g/mol. The van der Waals surface area contributed by atoms with Gasteiger partial charge in [0.2, 0.25) is 0 Å². The molecule has 1 N–H and O–H groups in total. The van der Waals surface area contributed by atoms with Crippen molar-refractivity contribution in [3.05, 3.63) is 35.4 Å². The van der Waals surface area contributed by atoms with Crippen molar-refractivity contribution < 1.29 is 9.53 Å². The van der Waals surface area contributed by atoms with Crippen LogP contribution in [-0.4, -0.2) is 19.6 Å². The summed E-state index contributed by atoms with van der Waals surface area (Å²) in [5, 5.41) is 3.38. The number of esters is 1. The lowest BCUT2D eigenvalue weighted by Crippen LogP contribution is -2.16. The Morgan fingerprint density at radius 3 is 2.93 bits per heavy atom. The Balaban J connectivity index is 2.32. The summed E-state index contributed by atoms with van der Waals surface area (Å²) in [5.74, 6) is -0.251. The highest BCUT2D eigenvalue weighted by Gasteiger charge is 2.21. The topological polar surface area (TPSA) is 38.3 Å². The highest BCUT2D eigenvalue weighted by Crippen LogP contribution is 2.26. The van der Waals surface area contributed by atoms with Crippen molar-refractivity contribution >= 4 is 5.97 Å². The molecule has 80 valence electrons. The summed E-state index contributed by atoms with van der Waals surface area (Å²) in [7, 11) is 1.42. The second-order valence-corrected chi connectivity index (χ2v) is 3.73. The van der Waals surface area contributed by atoms with E-state index in [9.17, 15) is 4.79 Å². The molecule has 1 aliphatic heterocycles. The molecule has 1 aliphatic rings. The fourth-order valence-corrected chi connectivity index (χ4v) is 2.05. The van der Waals surface area contributed by atoms with Crippen LogP contribution in [0, 0.1) is 0 Å². The summed E-state index contributed by atoms with van der Waals surface area (Å²) in [6.45, 7) is 1.03. The molecule has 1 fully saturated rings. The predicted molar refractivity (Wildman–Crippen MR) is 57.8 cm³/mol. The standard InChI is InChI=1S/C12H15NO2/c1-15-12(14)10-6-3-2-5-9(10)11-7-4-8-13-11/h2-3,5-6,11,13H,4,7-8H2,1H3. The maximum absolute atomic E-state index is 11.5. The first-order chi connectivity index (χ1) is 7.33. The quantitative estimate of drug-likeness (QED) is 0.749. The zero-order chi connectivity index (χ0) is 10.7. The minimum absolute atomic E-state index is 0.251. The maximum atomic E-state index is 11.5. The van der Waals surface area contributed by atoms with Crippen molar-refractivity contribution in [1.82, 2.24) is 5.32 Å². The summed E-state index contributed by atoms with van der Waals surface area (Å²) >= 11 is 0. The molecule has 0 spiro atoms. The summed E-state index contributed by atoms with van der Waals surface area (Å²) in [4.78, 5) is 11.5. The van der Waals surface area contributed by atoms with Crippen LogP contribution in [-0.2, 0) is 4.74 Å². The van der Waals surface area contributed by atoms with Crippen molar-refractivity contribution in [2.45, 2.75) is 18.9 Å². The Kier molecular flexibility index (Phi) is 3.02. The number of hydrogen-bond acceptors (Lipinski definition) is 3. The van der Waals surface area contributed by atoms with Gasteiger partial charge in [0.15, 0.2) is 0 Å². The second-order valence-electron chi connectivity index (χ2n) is 3.73. The van der Waals surface area contributed by atoms with E-state index in [4.69, 9.17) is 4.74 Å². The summed E-state index contributed by atoms with van der Waals surface area (Å²) in [5.41, 5.74) is 1.74. The minimum Gasteiger partial charge on any atom is -0.465 e. The van der Waals surface area contributed by atoms with Gasteiger partial charge in [-0.25, -0.2) is 4.79 Å². The number of benzene rings is 1. The van der Waals surface area contributed by atoms with Gasteiger partial charge in [0, 0.05) is 6.04 Å². The first kappa shape index (κ1) is 10.2. The zero-order valence-electron chi connectivity index (χ0n) is 8.82. The lowest BCUT2D eigenvalue weighted by Gasteiger charge is -2.14. The number of rotatable bonds is 2. The van der Waals surface area contributed by atoms with Crippen molar-refractivity contribution in [3.8, 4) is 0 Å². The molecule has 0 bridgehead atoms. The van der Waals surface area contributed by atoms with Crippen LogP contribution >= 0.6 is 0 Å². The second kappa shape index (κ2) is 4.45. The summed E-state index contributed by atoms with van der Waals surface area (Å²) in [6.07, 6.45) is 2.26. The average Bonchev–Trinajstić information content (AvgIpc) is 2.81. The molecule has 1 heterocycles. The van der Waals surface area contributed by atoms with Crippen LogP contribution < -0.4 is 5.32 Å². The molecule has 1 atom stereocenters. The molecular formula is C12H15NO2. The van der Waals surface area contributed by atoms with Gasteiger partial charge in [-0.1, -0.05) is 18.2 Å². The number of carbonyl (C=O) groups excluding carboxylic acids is 1. The van der Waals surface area contributed by atoms with Gasteiger partial charge in [-0.3, -0.25) is 0 Å². The predicted octanol–water partition coefficient (Wildman–Crippen LogP) is 1.90. The third-order valence-corrected chi connectivity index (χ3v) is 2.80. The summed E-state index contributed by atoms with van der Waals surface area (Å²) < 4.78 is 4.77. The van der Waals surface area contributed by atoms with Crippen LogP contribution in [0.5, 0.6) is 0 Å². The molecular weight excluding hydrogens is 190 g/mol. The number of hydrogen-bond donors (Lipinski definition) is 1. The molecule has 0 aliphatic carbocycles. The molecule has 3 heteroatoms. The smallest absolute Gasteiger partial charge is 0.338 e. The van der Waals surface area contributed by atoms with Gasteiger partial charge >= 0.3 is 5.97 Å². The van der Waals surface area contributed by atoms with Crippen LogP contribution in [0.25, 0.3) is 0 Å². The number of ether oxygens (including phenoxy) is 1. The van der Waals surface area contributed by atoms with E-state index in [-0.39, 0.29) is 5.97 Å². The van der Waals surface area contributed by atoms with E-state index in [0.29, 0.717) is 11.6 Å². The summed E-state index contributed by atoms with van der Waals surface area (Å²) in [6, 6.07) is 7.95. The normalized spacial score (nSPS) is 20.2. The fourth-order valence-electron chi connectivity index (χ4n) is 2.05. The lowest BCUT2D eigenvalue weighted by molar-refractivity contribution is 0.0598. The Labute approximate surface area is 89.4 Å². The van der Waals surface area contributed by atoms with Gasteiger partial charge < -0.3 is 10.1 Å². The SMILES string of the molecule is COC(=O)c1ccccc1C1CCCN1. The molecule has 1 unspecified atom stereocenters. The Bertz CT molecular complexity index is 356. The van der Waals surface area contributed by atoms with E-state index >= 15 is 0 Å². The third-order valence-electron chi connectivity index (χ3n) is 2.80. The van der Waals surface area contributed by atoms with Crippen molar-refractivity contribution in [2.24, 2.45) is 0 Å². The highest BCUT2D eigenvalue weighted by atomic mass is 16.5. The van der Waals surface area contributed by atoms with Gasteiger partial charge in [-0.2, -0.15) is 0 Å². The Morgan fingerprint density at radius 1 is 1.47 bits per heavy atom.